The number of methoxy groups -OCH3 is 2. The Morgan fingerprint density at radius 3 is 2.44 bits per heavy atom. The van der Waals surface area contributed by atoms with E-state index in [-0.39, 0.29) is 28.5 Å². The Balaban J connectivity index is 2.14. The number of ether oxygens (including phenoxy) is 2. The molecule has 0 unspecified atom stereocenters. The summed E-state index contributed by atoms with van der Waals surface area (Å²) in [7, 11) is 2.78. The van der Waals surface area contributed by atoms with Crippen molar-refractivity contribution in [3.63, 3.8) is 0 Å². The van der Waals surface area contributed by atoms with Gasteiger partial charge in [-0.1, -0.05) is 6.07 Å². The van der Waals surface area contributed by atoms with E-state index >= 15 is 0 Å². The summed E-state index contributed by atoms with van der Waals surface area (Å²) in [6.07, 6.45) is 1.32. The quantitative estimate of drug-likeness (QED) is 0.469. The van der Waals surface area contributed by atoms with Crippen LogP contribution in [0.25, 0.3) is 0 Å². The van der Waals surface area contributed by atoms with Crippen molar-refractivity contribution in [2.45, 2.75) is 0 Å². The number of nitro benzene ring substituents is 1. The summed E-state index contributed by atoms with van der Waals surface area (Å²) >= 11 is 0. The summed E-state index contributed by atoms with van der Waals surface area (Å²) in [5.41, 5.74) is 2.69. The van der Waals surface area contributed by atoms with Crippen molar-refractivity contribution in [3.05, 3.63) is 57.6 Å². The van der Waals surface area contributed by atoms with Gasteiger partial charge in [-0.25, -0.2) is 5.43 Å². The van der Waals surface area contributed by atoms with Crippen LogP contribution in [0.2, 0.25) is 0 Å². The first kappa shape index (κ1) is 17.7. The van der Waals surface area contributed by atoms with Gasteiger partial charge in [0.25, 0.3) is 11.6 Å². The minimum atomic E-state index is -0.599. The molecule has 0 aromatic heterocycles. The van der Waals surface area contributed by atoms with Crippen molar-refractivity contribution in [3.8, 4) is 17.2 Å². The van der Waals surface area contributed by atoms with Gasteiger partial charge < -0.3 is 14.6 Å². The zero-order valence-electron chi connectivity index (χ0n) is 13.4. The van der Waals surface area contributed by atoms with Crippen molar-refractivity contribution >= 4 is 17.8 Å². The number of phenols is 1. The molecule has 0 spiro atoms. The van der Waals surface area contributed by atoms with Crippen LogP contribution in [0, 0.1) is 10.1 Å². The number of nitrogens with zero attached hydrogens (tertiary/aromatic N) is 2. The van der Waals surface area contributed by atoms with Crippen LogP contribution in [0.5, 0.6) is 17.2 Å². The monoisotopic (exact) mass is 345 g/mol. The average molecular weight is 345 g/mol. The molecular weight excluding hydrogens is 330 g/mol. The van der Waals surface area contributed by atoms with Crippen molar-refractivity contribution in [1.29, 1.82) is 0 Å². The fourth-order valence-corrected chi connectivity index (χ4v) is 1.98. The van der Waals surface area contributed by atoms with Gasteiger partial charge in [0.2, 0.25) is 5.75 Å². The molecule has 0 aliphatic rings. The summed E-state index contributed by atoms with van der Waals surface area (Å²) in [5.74, 6) is -0.378. The number of phenolic OH excluding ortho intramolecular Hbond substituents is 1. The first-order chi connectivity index (χ1) is 12.0. The van der Waals surface area contributed by atoms with Gasteiger partial charge in [0.15, 0.2) is 11.5 Å². The summed E-state index contributed by atoms with van der Waals surface area (Å²) in [6.45, 7) is 0. The van der Waals surface area contributed by atoms with Crippen molar-refractivity contribution in [2.75, 3.05) is 14.2 Å². The van der Waals surface area contributed by atoms with E-state index in [2.05, 4.69) is 10.5 Å². The fraction of sp³-hybridized carbons (Fsp3) is 0.125. The molecule has 9 heteroatoms. The molecule has 1 amide bonds. The first-order valence-electron chi connectivity index (χ1n) is 6.99. The number of amides is 1. The molecule has 2 rings (SSSR count). The minimum absolute atomic E-state index is 0.104. The number of carbonyl (C=O) groups excluding carboxylic acids is 1. The molecule has 0 fully saturated rings. The van der Waals surface area contributed by atoms with Gasteiger partial charge in [-0.3, -0.25) is 14.9 Å². The maximum absolute atomic E-state index is 12.0. The van der Waals surface area contributed by atoms with E-state index in [4.69, 9.17) is 9.47 Å². The highest BCUT2D eigenvalue weighted by Crippen LogP contribution is 2.36. The van der Waals surface area contributed by atoms with E-state index in [0.717, 1.165) is 6.07 Å². The summed E-state index contributed by atoms with van der Waals surface area (Å²) in [4.78, 5) is 22.1. The number of carbonyl (C=O) groups is 1. The summed E-state index contributed by atoms with van der Waals surface area (Å²) < 4.78 is 10.0. The number of nitrogens with one attached hydrogen (secondary N) is 1. The van der Waals surface area contributed by atoms with Crippen LogP contribution in [0.3, 0.4) is 0 Å². The van der Waals surface area contributed by atoms with E-state index in [0.29, 0.717) is 5.56 Å². The molecule has 0 aliphatic heterocycles. The Kier molecular flexibility index (Phi) is 5.51. The van der Waals surface area contributed by atoms with Crippen LogP contribution < -0.4 is 14.9 Å². The number of aromatic hydroxyl groups is 1. The van der Waals surface area contributed by atoms with Crippen molar-refractivity contribution in [2.24, 2.45) is 5.10 Å². The van der Waals surface area contributed by atoms with Crippen molar-refractivity contribution < 1.29 is 24.3 Å². The van der Waals surface area contributed by atoms with Gasteiger partial charge in [0.1, 0.15) is 0 Å². The summed E-state index contributed by atoms with van der Waals surface area (Å²) in [5, 5.41) is 24.3. The van der Waals surface area contributed by atoms with Gasteiger partial charge in [-0.05, 0) is 18.2 Å². The number of nitro groups is 1. The molecule has 0 bridgehead atoms. The normalized spacial score (nSPS) is 10.5. The molecule has 2 aromatic rings. The maximum atomic E-state index is 12.0. The predicted octanol–water partition coefficient (Wildman–Crippen LogP) is 2.08. The second-order valence-corrected chi connectivity index (χ2v) is 4.78. The zero-order chi connectivity index (χ0) is 18.4. The van der Waals surface area contributed by atoms with Gasteiger partial charge in [0.05, 0.1) is 25.4 Å². The lowest BCUT2D eigenvalue weighted by Crippen LogP contribution is -2.17. The number of non-ortho nitro benzene ring substituents is 1. The summed E-state index contributed by atoms with van der Waals surface area (Å²) in [6, 6.07) is 8.28. The third-order valence-electron chi connectivity index (χ3n) is 3.20. The van der Waals surface area contributed by atoms with Gasteiger partial charge >= 0.3 is 0 Å². The second-order valence-electron chi connectivity index (χ2n) is 4.78. The zero-order valence-corrected chi connectivity index (χ0v) is 13.4. The molecule has 0 aliphatic carbocycles. The molecule has 130 valence electrons. The molecule has 0 radical (unpaired) electrons. The Hall–Kier alpha value is -3.62. The van der Waals surface area contributed by atoms with Gasteiger partial charge in [0, 0.05) is 23.3 Å². The maximum Gasteiger partial charge on any atom is 0.271 e. The Labute approximate surface area is 142 Å². The highest BCUT2D eigenvalue weighted by molar-refractivity contribution is 5.95. The number of benzene rings is 2. The van der Waals surface area contributed by atoms with Gasteiger partial charge in [-0.2, -0.15) is 5.10 Å². The SMILES string of the molecule is COc1cc(C=NNC(=O)c2cccc([N+](=O)[O-])c2)cc(OC)c1O. The lowest BCUT2D eigenvalue weighted by Gasteiger charge is -2.09. The third kappa shape index (κ3) is 4.22. The topological polar surface area (TPSA) is 123 Å². The largest absolute Gasteiger partial charge is 0.502 e. The molecule has 0 saturated carbocycles. The number of hydrazone groups is 1. The number of hydrogen-bond acceptors (Lipinski definition) is 7. The van der Waals surface area contributed by atoms with Crippen LogP contribution in [0.15, 0.2) is 41.5 Å². The Morgan fingerprint density at radius 2 is 1.88 bits per heavy atom. The van der Waals surface area contributed by atoms with Crippen LogP contribution in [0.4, 0.5) is 5.69 Å². The molecule has 2 aromatic carbocycles. The lowest BCUT2D eigenvalue weighted by molar-refractivity contribution is -0.384. The van der Waals surface area contributed by atoms with E-state index in [1.165, 1.54) is 50.8 Å². The minimum Gasteiger partial charge on any atom is -0.502 e. The molecule has 25 heavy (non-hydrogen) atoms. The molecule has 0 saturated heterocycles. The predicted molar refractivity (Wildman–Crippen MR) is 89.4 cm³/mol. The van der Waals surface area contributed by atoms with E-state index in [9.17, 15) is 20.0 Å². The number of hydrogen-bond donors (Lipinski definition) is 2. The second kappa shape index (κ2) is 7.77. The average Bonchev–Trinajstić information content (AvgIpc) is 2.62. The Bertz CT molecular complexity index is 809. The standard InChI is InChI=1S/C16H15N3O6/c1-24-13-6-10(7-14(25-2)15(13)20)9-17-18-16(21)11-4-3-5-12(8-11)19(22)23/h3-9,20H,1-2H3,(H,18,21). The molecule has 0 atom stereocenters. The fourth-order valence-electron chi connectivity index (χ4n) is 1.98. The molecule has 0 heterocycles. The third-order valence-corrected chi connectivity index (χ3v) is 3.20. The lowest BCUT2D eigenvalue weighted by atomic mass is 10.2. The van der Waals surface area contributed by atoms with Crippen molar-refractivity contribution in [1.82, 2.24) is 5.43 Å². The molecule has 2 N–H and O–H groups in total. The highest BCUT2D eigenvalue weighted by atomic mass is 16.6. The van der Waals surface area contributed by atoms with Gasteiger partial charge in [-0.15, -0.1) is 0 Å². The highest BCUT2D eigenvalue weighted by Gasteiger charge is 2.12. The van der Waals surface area contributed by atoms with Crippen LogP contribution >= 0.6 is 0 Å². The molecular formula is C16H15N3O6. The van der Waals surface area contributed by atoms with Crippen LogP contribution in [-0.2, 0) is 0 Å². The van der Waals surface area contributed by atoms with E-state index in [1.807, 2.05) is 0 Å². The molecule has 9 nitrogen and oxygen atoms in total. The Morgan fingerprint density at radius 1 is 1.24 bits per heavy atom. The van der Waals surface area contributed by atoms with Crippen LogP contribution in [-0.4, -0.2) is 36.4 Å². The van der Waals surface area contributed by atoms with Crippen LogP contribution in [0.1, 0.15) is 15.9 Å². The van der Waals surface area contributed by atoms with E-state index < -0.39 is 10.8 Å². The first-order valence-corrected chi connectivity index (χ1v) is 6.99. The van der Waals surface area contributed by atoms with E-state index in [1.54, 1.807) is 0 Å². The number of rotatable bonds is 6. The smallest absolute Gasteiger partial charge is 0.271 e.